The number of nitrogens with zero attached hydrogens (tertiary/aromatic N) is 3. The van der Waals surface area contributed by atoms with Crippen molar-refractivity contribution in [2.24, 2.45) is 0 Å². The summed E-state index contributed by atoms with van der Waals surface area (Å²) in [5, 5.41) is 9.60. The minimum absolute atomic E-state index is 0.480. The van der Waals surface area contributed by atoms with Crippen molar-refractivity contribution < 1.29 is 0 Å². The molecule has 1 aromatic carbocycles. The third-order valence-electron chi connectivity index (χ3n) is 1.94. The summed E-state index contributed by atoms with van der Waals surface area (Å²) in [6.07, 6.45) is 4.88. The predicted molar refractivity (Wildman–Crippen MR) is 61.7 cm³/mol. The van der Waals surface area contributed by atoms with E-state index in [4.69, 9.17) is 11.0 Å². The highest BCUT2D eigenvalue weighted by Gasteiger charge is 2.06. The standard InChI is InChI=1S/C11H8N4S/c12-6-8-2-1-3-9(11(8)13)16-10-7-14-4-5-15-10/h1-5,7H,13H2. The molecule has 2 N–H and O–H groups in total. The van der Waals surface area contributed by atoms with Gasteiger partial charge in [-0.25, -0.2) is 4.98 Å². The van der Waals surface area contributed by atoms with Crippen LogP contribution in [0.2, 0.25) is 0 Å². The van der Waals surface area contributed by atoms with E-state index in [9.17, 15) is 0 Å². The number of rotatable bonds is 2. The first kappa shape index (κ1) is 10.5. The number of benzene rings is 1. The quantitative estimate of drug-likeness (QED) is 0.796. The molecule has 0 spiro atoms. The molecule has 0 aliphatic carbocycles. The van der Waals surface area contributed by atoms with Gasteiger partial charge in [0.15, 0.2) is 0 Å². The molecule has 2 aromatic rings. The molecule has 0 aliphatic heterocycles. The summed E-state index contributed by atoms with van der Waals surface area (Å²) in [7, 11) is 0. The lowest BCUT2D eigenvalue weighted by Gasteiger charge is -2.05. The van der Waals surface area contributed by atoms with Crippen LogP contribution in [0.15, 0.2) is 46.7 Å². The van der Waals surface area contributed by atoms with E-state index >= 15 is 0 Å². The molecule has 1 heterocycles. The molecule has 78 valence electrons. The second-order valence-electron chi connectivity index (χ2n) is 2.97. The van der Waals surface area contributed by atoms with E-state index in [2.05, 4.69) is 9.97 Å². The van der Waals surface area contributed by atoms with Gasteiger partial charge in [-0.2, -0.15) is 5.26 Å². The van der Waals surface area contributed by atoms with Crippen molar-refractivity contribution in [3.05, 3.63) is 42.4 Å². The van der Waals surface area contributed by atoms with E-state index in [-0.39, 0.29) is 0 Å². The fourth-order valence-corrected chi connectivity index (χ4v) is 2.00. The minimum Gasteiger partial charge on any atom is -0.397 e. The van der Waals surface area contributed by atoms with E-state index in [0.717, 1.165) is 9.92 Å². The molecule has 1 aromatic heterocycles. The van der Waals surface area contributed by atoms with Gasteiger partial charge >= 0.3 is 0 Å². The van der Waals surface area contributed by atoms with Crippen LogP contribution in [0.3, 0.4) is 0 Å². The highest BCUT2D eigenvalue weighted by molar-refractivity contribution is 7.99. The third kappa shape index (κ3) is 2.12. The van der Waals surface area contributed by atoms with E-state index in [1.54, 1.807) is 30.7 Å². The van der Waals surface area contributed by atoms with Crippen molar-refractivity contribution in [1.82, 2.24) is 9.97 Å². The maximum Gasteiger partial charge on any atom is 0.119 e. The van der Waals surface area contributed by atoms with Crippen molar-refractivity contribution >= 4 is 17.4 Å². The smallest absolute Gasteiger partial charge is 0.119 e. The number of anilines is 1. The number of hydrogen-bond donors (Lipinski definition) is 1. The third-order valence-corrected chi connectivity index (χ3v) is 2.94. The Labute approximate surface area is 97.1 Å². The highest BCUT2D eigenvalue weighted by atomic mass is 32.2. The van der Waals surface area contributed by atoms with Gasteiger partial charge < -0.3 is 5.73 Å². The fraction of sp³-hybridized carbons (Fsp3) is 0. The van der Waals surface area contributed by atoms with Gasteiger partial charge in [-0.1, -0.05) is 17.8 Å². The summed E-state index contributed by atoms with van der Waals surface area (Å²) in [5.41, 5.74) is 6.82. The van der Waals surface area contributed by atoms with Gasteiger partial charge in [0.05, 0.1) is 17.4 Å². The van der Waals surface area contributed by atoms with Crippen molar-refractivity contribution in [2.75, 3.05) is 5.73 Å². The predicted octanol–water partition coefficient (Wildman–Crippen LogP) is 2.08. The molecule has 2 rings (SSSR count). The average Bonchev–Trinajstić information content (AvgIpc) is 2.33. The van der Waals surface area contributed by atoms with Crippen LogP contribution >= 0.6 is 11.8 Å². The van der Waals surface area contributed by atoms with E-state index in [0.29, 0.717) is 11.3 Å². The average molecular weight is 228 g/mol. The lowest BCUT2D eigenvalue weighted by atomic mass is 10.2. The lowest BCUT2D eigenvalue weighted by Crippen LogP contribution is -1.93. The Balaban J connectivity index is 2.33. The number of hydrogen-bond acceptors (Lipinski definition) is 5. The van der Waals surface area contributed by atoms with Crippen LogP contribution in [-0.2, 0) is 0 Å². The molecule has 5 heteroatoms. The molecule has 0 saturated heterocycles. The van der Waals surface area contributed by atoms with E-state index in [1.807, 2.05) is 12.1 Å². The topological polar surface area (TPSA) is 75.6 Å². The number of nitrogen functional groups attached to an aromatic ring is 1. The second-order valence-corrected chi connectivity index (χ2v) is 4.04. The van der Waals surface area contributed by atoms with Gasteiger partial charge in [0.25, 0.3) is 0 Å². The van der Waals surface area contributed by atoms with Crippen LogP contribution in [0.1, 0.15) is 5.56 Å². The largest absolute Gasteiger partial charge is 0.397 e. The van der Waals surface area contributed by atoms with Crippen molar-refractivity contribution in [3.8, 4) is 6.07 Å². The van der Waals surface area contributed by atoms with Gasteiger partial charge in [-0.3, -0.25) is 4.98 Å². The Hall–Kier alpha value is -2.06. The summed E-state index contributed by atoms with van der Waals surface area (Å²) >= 11 is 1.39. The minimum atomic E-state index is 0.480. The van der Waals surface area contributed by atoms with E-state index < -0.39 is 0 Å². The summed E-state index contributed by atoms with van der Waals surface area (Å²) in [6, 6.07) is 7.39. The Morgan fingerprint density at radius 1 is 1.31 bits per heavy atom. The fourth-order valence-electron chi connectivity index (χ4n) is 1.18. The van der Waals surface area contributed by atoms with Crippen LogP contribution in [0.5, 0.6) is 0 Å². The zero-order valence-electron chi connectivity index (χ0n) is 8.29. The van der Waals surface area contributed by atoms with Crippen LogP contribution in [0.25, 0.3) is 0 Å². The number of nitrogens with two attached hydrogens (primary N) is 1. The molecule has 0 bridgehead atoms. The molecule has 0 amide bonds. The van der Waals surface area contributed by atoms with Gasteiger partial charge in [0.1, 0.15) is 11.1 Å². The molecule has 16 heavy (non-hydrogen) atoms. The second kappa shape index (κ2) is 4.64. The Morgan fingerprint density at radius 2 is 2.19 bits per heavy atom. The van der Waals surface area contributed by atoms with Gasteiger partial charge in [-0.15, -0.1) is 0 Å². The monoisotopic (exact) mass is 228 g/mol. The number of aromatic nitrogens is 2. The number of para-hydroxylation sites is 1. The zero-order valence-corrected chi connectivity index (χ0v) is 9.11. The van der Waals surface area contributed by atoms with Crippen LogP contribution in [-0.4, -0.2) is 9.97 Å². The van der Waals surface area contributed by atoms with Crippen molar-refractivity contribution in [3.63, 3.8) is 0 Å². The summed E-state index contributed by atoms with van der Waals surface area (Å²) in [6.45, 7) is 0. The SMILES string of the molecule is N#Cc1cccc(Sc2cnccn2)c1N. The molecule has 0 fully saturated rings. The molecular formula is C11H8N4S. The molecule has 4 nitrogen and oxygen atoms in total. The lowest BCUT2D eigenvalue weighted by molar-refractivity contribution is 1.05. The highest BCUT2D eigenvalue weighted by Crippen LogP contribution is 2.31. The van der Waals surface area contributed by atoms with Crippen molar-refractivity contribution in [2.45, 2.75) is 9.92 Å². The van der Waals surface area contributed by atoms with E-state index in [1.165, 1.54) is 11.8 Å². The Bertz CT molecular complexity index is 533. The normalized spacial score (nSPS) is 9.69. The molecule has 0 unspecified atom stereocenters. The summed E-state index contributed by atoms with van der Waals surface area (Å²) in [4.78, 5) is 8.92. The first-order chi connectivity index (χ1) is 7.81. The van der Waals surface area contributed by atoms with Gasteiger partial charge in [0, 0.05) is 17.3 Å². The van der Waals surface area contributed by atoms with Gasteiger partial charge in [0.2, 0.25) is 0 Å². The van der Waals surface area contributed by atoms with Crippen LogP contribution < -0.4 is 5.73 Å². The Morgan fingerprint density at radius 3 is 2.88 bits per heavy atom. The molecular weight excluding hydrogens is 220 g/mol. The molecule has 0 saturated carbocycles. The molecule has 0 aliphatic rings. The Kier molecular flexibility index (Phi) is 3.03. The first-order valence-corrected chi connectivity index (χ1v) is 5.35. The number of nitriles is 1. The first-order valence-electron chi connectivity index (χ1n) is 4.53. The molecule has 0 atom stereocenters. The van der Waals surface area contributed by atoms with Crippen molar-refractivity contribution in [1.29, 1.82) is 5.26 Å². The van der Waals surface area contributed by atoms with Crippen LogP contribution in [0.4, 0.5) is 5.69 Å². The maximum atomic E-state index is 8.84. The maximum absolute atomic E-state index is 8.84. The summed E-state index contributed by atoms with van der Waals surface area (Å²) in [5.74, 6) is 0. The van der Waals surface area contributed by atoms with Crippen LogP contribution in [0, 0.1) is 11.3 Å². The van der Waals surface area contributed by atoms with Gasteiger partial charge in [-0.05, 0) is 12.1 Å². The molecule has 0 radical (unpaired) electrons. The summed E-state index contributed by atoms with van der Waals surface area (Å²) < 4.78 is 0. The zero-order chi connectivity index (χ0) is 11.4.